The molecule has 0 heterocycles. The molecule has 1 aromatic rings. The highest BCUT2D eigenvalue weighted by Crippen LogP contribution is 2.46. The van der Waals surface area contributed by atoms with E-state index in [1.54, 1.807) is 0 Å². The van der Waals surface area contributed by atoms with Gasteiger partial charge in [-0.2, -0.15) is 0 Å². The Bertz CT molecular complexity index is 424. The average Bonchev–Trinajstić information content (AvgIpc) is 3.03. The molecule has 16 heavy (non-hydrogen) atoms. The van der Waals surface area contributed by atoms with Gasteiger partial charge in [0.15, 0.2) is 0 Å². The fourth-order valence-electron chi connectivity index (χ4n) is 1.90. The van der Waals surface area contributed by atoms with Crippen LogP contribution in [0, 0.1) is 12.3 Å². The summed E-state index contributed by atoms with van der Waals surface area (Å²) >= 11 is 6.10. The third-order valence-electron chi connectivity index (χ3n) is 3.40. The zero-order valence-electron chi connectivity index (χ0n) is 9.42. The first kappa shape index (κ1) is 11.6. The molecule has 86 valence electrons. The summed E-state index contributed by atoms with van der Waals surface area (Å²) in [6, 6.07) is 5.81. The van der Waals surface area contributed by atoms with Crippen molar-refractivity contribution in [1.82, 2.24) is 0 Å². The van der Waals surface area contributed by atoms with Gasteiger partial charge in [0, 0.05) is 23.4 Å². The number of aryl methyl sites for hydroxylation is 1. The molecule has 0 radical (unpaired) electrons. The largest absolute Gasteiger partial charge is 0.329 e. The number of rotatable bonds is 4. The van der Waals surface area contributed by atoms with Gasteiger partial charge >= 0.3 is 0 Å². The van der Waals surface area contributed by atoms with Crippen LogP contribution in [0.25, 0.3) is 0 Å². The van der Waals surface area contributed by atoms with Crippen LogP contribution < -0.4 is 5.73 Å². The first-order chi connectivity index (χ1) is 7.57. The van der Waals surface area contributed by atoms with E-state index >= 15 is 0 Å². The van der Waals surface area contributed by atoms with Crippen molar-refractivity contribution in [1.29, 1.82) is 0 Å². The first-order valence-corrected chi connectivity index (χ1v) is 5.94. The minimum atomic E-state index is -0.228. The summed E-state index contributed by atoms with van der Waals surface area (Å²) in [4.78, 5) is 12.0. The van der Waals surface area contributed by atoms with E-state index in [-0.39, 0.29) is 11.2 Å². The summed E-state index contributed by atoms with van der Waals surface area (Å²) in [5.41, 5.74) is 7.43. The molecule has 0 unspecified atom stereocenters. The molecule has 0 saturated heterocycles. The standard InChI is InChI=1S/C13H16ClNO/c1-9-2-3-10(11(14)6-9)7-12(16)13(8-15)4-5-13/h2-3,6H,4-5,7-8,15H2,1H3. The van der Waals surface area contributed by atoms with Crippen LogP contribution in [0.4, 0.5) is 0 Å². The summed E-state index contributed by atoms with van der Waals surface area (Å²) in [5, 5.41) is 0.682. The SMILES string of the molecule is Cc1ccc(CC(=O)C2(CN)CC2)c(Cl)c1. The Balaban J connectivity index is 2.12. The maximum absolute atomic E-state index is 12.0. The molecule has 1 fully saturated rings. The zero-order chi connectivity index (χ0) is 11.8. The molecule has 1 aliphatic carbocycles. The van der Waals surface area contributed by atoms with Gasteiger partial charge in [-0.15, -0.1) is 0 Å². The quantitative estimate of drug-likeness (QED) is 0.875. The van der Waals surface area contributed by atoms with Crippen LogP contribution in [0.1, 0.15) is 24.0 Å². The minimum Gasteiger partial charge on any atom is -0.329 e. The Hall–Kier alpha value is -0.860. The van der Waals surface area contributed by atoms with E-state index < -0.39 is 0 Å². The number of hydrogen-bond acceptors (Lipinski definition) is 2. The molecule has 2 nitrogen and oxygen atoms in total. The number of Topliss-reactive ketones (excluding diaryl/α,β-unsaturated/α-hetero) is 1. The molecule has 1 saturated carbocycles. The van der Waals surface area contributed by atoms with Crippen molar-refractivity contribution < 1.29 is 4.79 Å². The molecule has 2 rings (SSSR count). The second kappa shape index (κ2) is 4.19. The molecule has 0 bridgehead atoms. The highest BCUT2D eigenvalue weighted by Gasteiger charge is 2.47. The minimum absolute atomic E-state index is 0.228. The second-order valence-corrected chi connectivity index (χ2v) is 5.09. The van der Waals surface area contributed by atoms with E-state index in [0.717, 1.165) is 24.0 Å². The summed E-state index contributed by atoms with van der Waals surface area (Å²) in [6.45, 7) is 2.45. The first-order valence-electron chi connectivity index (χ1n) is 5.56. The van der Waals surface area contributed by atoms with Crippen LogP contribution >= 0.6 is 11.6 Å². The van der Waals surface area contributed by atoms with Crippen molar-refractivity contribution in [2.75, 3.05) is 6.54 Å². The Kier molecular flexibility index (Phi) is 3.04. The maximum atomic E-state index is 12.0. The molecule has 0 aliphatic heterocycles. The normalized spacial score (nSPS) is 17.2. The van der Waals surface area contributed by atoms with E-state index in [1.807, 2.05) is 25.1 Å². The number of ketones is 1. The molecular weight excluding hydrogens is 222 g/mol. The summed E-state index contributed by atoms with van der Waals surface area (Å²) in [5.74, 6) is 0.237. The van der Waals surface area contributed by atoms with Crippen molar-refractivity contribution in [2.24, 2.45) is 11.1 Å². The lowest BCUT2D eigenvalue weighted by Gasteiger charge is -2.11. The lowest BCUT2D eigenvalue weighted by atomic mass is 9.95. The summed E-state index contributed by atoms with van der Waals surface area (Å²) in [7, 11) is 0. The fourth-order valence-corrected chi connectivity index (χ4v) is 2.21. The van der Waals surface area contributed by atoms with Crippen molar-refractivity contribution in [2.45, 2.75) is 26.2 Å². The van der Waals surface area contributed by atoms with E-state index in [9.17, 15) is 4.79 Å². The van der Waals surface area contributed by atoms with Gasteiger partial charge in [-0.25, -0.2) is 0 Å². The lowest BCUT2D eigenvalue weighted by molar-refractivity contribution is -0.123. The van der Waals surface area contributed by atoms with Crippen LogP contribution in [-0.2, 0) is 11.2 Å². The third kappa shape index (κ3) is 2.13. The number of benzene rings is 1. The summed E-state index contributed by atoms with van der Waals surface area (Å²) in [6.07, 6.45) is 2.29. The smallest absolute Gasteiger partial charge is 0.144 e. The Morgan fingerprint density at radius 3 is 2.69 bits per heavy atom. The Morgan fingerprint density at radius 1 is 1.50 bits per heavy atom. The third-order valence-corrected chi connectivity index (χ3v) is 3.75. The number of carbonyl (C=O) groups is 1. The molecule has 0 spiro atoms. The van der Waals surface area contributed by atoms with E-state index in [4.69, 9.17) is 17.3 Å². The number of nitrogens with two attached hydrogens (primary N) is 1. The van der Waals surface area contributed by atoms with E-state index in [1.165, 1.54) is 0 Å². The van der Waals surface area contributed by atoms with Gasteiger partial charge in [0.1, 0.15) is 5.78 Å². The average molecular weight is 238 g/mol. The molecular formula is C13H16ClNO. The van der Waals surface area contributed by atoms with Gasteiger partial charge in [-0.1, -0.05) is 23.7 Å². The molecule has 0 amide bonds. The topological polar surface area (TPSA) is 43.1 Å². The van der Waals surface area contributed by atoms with Crippen LogP contribution in [0.15, 0.2) is 18.2 Å². The predicted molar refractivity (Wildman–Crippen MR) is 65.6 cm³/mol. The summed E-state index contributed by atoms with van der Waals surface area (Å²) < 4.78 is 0. The number of carbonyl (C=O) groups excluding carboxylic acids is 1. The van der Waals surface area contributed by atoms with Gasteiger partial charge in [0.05, 0.1) is 0 Å². The molecule has 0 aromatic heterocycles. The molecule has 0 atom stereocenters. The van der Waals surface area contributed by atoms with Crippen molar-refractivity contribution in [3.63, 3.8) is 0 Å². The maximum Gasteiger partial charge on any atom is 0.144 e. The Morgan fingerprint density at radius 2 is 2.19 bits per heavy atom. The Labute approximate surface area is 101 Å². The van der Waals surface area contributed by atoms with Crippen LogP contribution in [0.5, 0.6) is 0 Å². The highest BCUT2D eigenvalue weighted by atomic mass is 35.5. The van der Waals surface area contributed by atoms with Crippen molar-refractivity contribution >= 4 is 17.4 Å². The van der Waals surface area contributed by atoms with Crippen LogP contribution in [-0.4, -0.2) is 12.3 Å². The van der Waals surface area contributed by atoms with Crippen LogP contribution in [0.3, 0.4) is 0 Å². The number of halogens is 1. The van der Waals surface area contributed by atoms with E-state index in [0.29, 0.717) is 18.0 Å². The van der Waals surface area contributed by atoms with Gasteiger partial charge < -0.3 is 5.73 Å². The van der Waals surface area contributed by atoms with Gasteiger partial charge in [-0.3, -0.25) is 4.79 Å². The van der Waals surface area contributed by atoms with Crippen molar-refractivity contribution in [3.8, 4) is 0 Å². The zero-order valence-corrected chi connectivity index (χ0v) is 10.2. The monoisotopic (exact) mass is 237 g/mol. The van der Waals surface area contributed by atoms with Gasteiger partial charge in [0.25, 0.3) is 0 Å². The predicted octanol–water partition coefficient (Wildman–Crippen LogP) is 2.50. The van der Waals surface area contributed by atoms with Crippen molar-refractivity contribution in [3.05, 3.63) is 34.3 Å². The van der Waals surface area contributed by atoms with Gasteiger partial charge in [0.2, 0.25) is 0 Å². The molecule has 1 aromatic carbocycles. The fraction of sp³-hybridized carbons (Fsp3) is 0.462. The lowest BCUT2D eigenvalue weighted by Crippen LogP contribution is -2.26. The molecule has 2 N–H and O–H groups in total. The highest BCUT2D eigenvalue weighted by molar-refractivity contribution is 6.31. The second-order valence-electron chi connectivity index (χ2n) is 4.68. The molecule has 3 heteroatoms. The number of hydrogen-bond donors (Lipinski definition) is 1. The van der Waals surface area contributed by atoms with Gasteiger partial charge in [-0.05, 0) is 37.0 Å². The van der Waals surface area contributed by atoms with Crippen LogP contribution in [0.2, 0.25) is 5.02 Å². The molecule has 1 aliphatic rings. The van der Waals surface area contributed by atoms with E-state index in [2.05, 4.69) is 0 Å².